The summed E-state index contributed by atoms with van der Waals surface area (Å²) in [5.41, 5.74) is 6.45. The maximum Gasteiger partial charge on any atom is 0.337 e. The SMILES string of the molecule is NC(=O)c1ccc(-n2ccc(C(=O)O)c2)cc1C(=O)Nc1n[nH]c2c1CN(S(=O)(=O)c1cc(F)cc(F)c1)CC2. The number of aromatic carboxylic acids is 1. The largest absolute Gasteiger partial charge is 0.478 e. The lowest BCUT2D eigenvalue weighted by molar-refractivity contribution is 0.0696. The van der Waals surface area contributed by atoms with Crippen molar-refractivity contribution in [2.75, 3.05) is 11.9 Å². The molecule has 2 aromatic carbocycles. The van der Waals surface area contributed by atoms with Gasteiger partial charge < -0.3 is 20.7 Å². The van der Waals surface area contributed by atoms with Crippen molar-refractivity contribution in [1.29, 1.82) is 0 Å². The lowest BCUT2D eigenvalue weighted by Crippen LogP contribution is -2.36. The lowest BCUT2D eigenvalue weighted by Gasteiger charge is -2.26. The van der Waals surface area contributed by atoms with Gasteiger partial charge in [0.05, 0.1) is 21.6 Å². The zero-order valence-electron chi connectivity index (χ0n) is 20.4. The van der Waals surface area contributed by atoms with Crippen LogP contribution in [0.3, 0.4) is 0 Å². The van der Waals surface area contributed by atoms with Gasteiger partial charge in [-0.1, -0.05) is 0 Å². The Morgan fingerprint density at radius 3 is 2.42 bits per heavy atom. The summed E-state index contributed by atoms with van der Waals surface area (Å²) >= 11 is 0. The number of nitrogens with two attached hydrogens (primary N) is 1. The molecule has 0 fully saturated rings. The quantitative estimate of drug-likeness (QED) is 0.263. The van der Waals surface area contributed by atoms with Gasteiger partial charge in [0.15, 0.2) is 5.82 Å². The molecule has 0 spiro atoms. The number of fused-ring (bicyclic) bond motifs is 1. The van der Waals surface area contributed by atoms with E-state index >= 15 is 0 Å². The zero-order chi connectivity index (χ0) is 28.8. The molecule has 5 rings (SSSR count). The minimum Gasteiger partial charge on any atom is -0.478 e. The number of carboxylic acid groups (broad SMARTS) is 1. The van der Waals surface area contributed by atoms with Crippen molar-refractivity contribution < 1.29 is 36.7 Å². The van der Waals surface area contributed by atoms with Gasteiger partial charge in [0.1, 0.15) is 11.6 Å². The van der Waals surface area contributed by atoms with E-state index in [0.29, 0.717) is 35.1 Å². The second kappa shape index (κ2) is 10.0. The fraction of sp³-hybridized carbons (Fsp3) is 0.120. The molecule has 15 heteroatoms. The lowest BCUT2D eigenvalue weighted by atomic mass is 10.0. The van der Waals surface area contributed by atoms with Crippen molar-refractivity contribution in [1.82, 2.24) is 19.1 Å². The zero-order valence-corrected chi connectivity index (χ0v) is 21.2. The van der Waals surface area contributed by atoms with Gasteiger partial charge in [0, 0.05) is 54.9 Å². The van der Waals surface area contributed by atoms with Crippen molar-refractivity contribution in [3.63, 3.8) is 0 Å². The number of aromatic amines is 1. The molecule has 2 amide bonds. The van der Waals surface area contributed by atoms with Gasteiger partial charge in [-0.2, -0.15) is 9.40 Å². The van der Waals surface area contributed by atoms with Crippen LogP contribution in [0.1, 0.15) is 42.3 Å². The van der Waals surface area contributed by atoms with Gasteiger partial charge in [0.2, 0.25) is 15.9 Å². The number of anilines is 1. The number of hydrogen-bond donors (Lipinski definition) is 4. The number of H-pyrrole nitrogens is 1. The van der Waals surface area contributed by atoms with Crippen molar-refractivity contribution in [2.45, 2.75) is 17.9 Å². The molecule has 0 aliphatic carbocycles. The van der Waals surface area contributed by atoms with Gasteiger partial charge in [-0.05, 0) is 36.4 Å². The Morgan fingerprint density at radius 2 is 1.77 bits per heavy atom. The predicted molar refractivity (Wildman–Crippen MR) is 135 cm³/mol. The molecule has 206 valence electrons. The smallest absolute Gasteiger partial charge is 0.337 e. The Labute approximate surface area is 225 Å². The van der Waals surface area contributed by atoms with Crippen LogP contribution in [0.15, 0.2) is 59.8 Å². The van der Waals surface area contributed by atoms with Crippen LogP contribution in [0.4, 0.5) is 14.6 Å². The van der Waals surface area contributed by atoms with Crippen LogP contribution >= 0.6 is 0 Å². The maximum absolute atomic E-state index is 13.7. The first-order chi connectivity index (χ1) is 18.9. The number of halogens is 2. The number of hydrogen-bond acceptors (Lipinski definition) is 6. The van der Waals surface area contributed by atoms with Crippen LogP contribution in [0.2, 0.25) is 0 Å². The number of nitrogens with zero attached hydrogens (tertiary/aromatic N) is 3. The van der Waals surface area contributed by atoms with E-state index in [9.17, 15) is 36.7 Å². The number of aromatic nitrogens is 3. The number of carboxylic acids is 1. The third-order valence-corrected chi connectivity index (χ3v) is 8.18. The fourth-order valence-electron chi connectivity index (χ4n) is 4.36. The first-order valence-corrected chi connectivity index (χ1v) is 13.1. The summed E-state index contributed by atoms with van der Waals surface area (Å²) in [6.07, 6.45) is 2.97. The molecular formula is C25H20F2N6O6S. The van der Waals surface area contributed by atoms with Gasteiger partial charge in [0.25, 0.3) is 5.91 Å². The predicted octanol–water partition coefficient (Wildman–Crippen LogP) is 2.28. The molecule has 40 heavy (non-hydrogen) atoms. The molecule has 3 heterocycles. The number of primary amides is 1. The number of carbonyl (C=O) groups excluding carboxylic acids is 2. The van der Waals surface area contributed by atoms with Crippen molar-refractivity contribution in [3.8, 4) is 5.69 Å². The van der Waals surface area contributed by atoms with Crippen LogP contribution in [0, 0.1) is 11.6 Å². The highest BCUT2D eigenvalue weighted by Crippen LogP contribution is 2.29. The monoisotopic (exact) mass is 570 g/mol. The normalized spacial score (nSPS) is 13.6. The van der Waals surface area contributed by atoms with E-state index in [1.807, 2.05) is 0 Å². The molecule has 4 aromatic rings. The van der Waals surface area contributed by atoms with Crippen LogP contribution < -0.4 is 11.1 Å². The molecule has 12 nitrogen and oxygen atoms in total. The van der Waals surface area contributed by atoms with Gasteiger partial charge in [-0.15, -0.1) is 0 Å². The highest BCUT2D eigenvalue weighted by atomic mass is 32.2. The van der Waals surface area contributed by atoms with E-state index in [-0.39, 0.29) is 42.0 Å². The number of rotatable bonds is 7. The molecule has 0 atom stereocenters. The van der Waals surface area contributed by atoms with E-state index in [2.05, 4.69) is 15.5 Å². The van der Waals surface area contributed by atoms with E-state index < -0.39 is 44.3 Å². The van der Waals surface area contributed by atoms with Crippen molar-refractivity contribution >= 4 is 33.6 Å². The Kier molecular flexibility index (Phi) is 6.69. The average molecular weight is 571 g/mol. The van der Waals surface area contributed by atoms with Gasteiger partial charge >= 0.3 is 5.97 Å². The Balaban J connectivity index is 1.44. The van der Waals surface area contributed by atoms with E-state index in [4.69, 9.17) is 5.73 Å². The summed E-state index contributed by atoms with van der Waals surface area (Å²) in [5, 5.41) is 18.6. The molecule has 5 N–H and O–H groups in total. The molecule has 0 unspecified atom stereocenters. The molecule has 0 saturated carbocycles. The third kappa shape index (κ3) is 4.94. The van der Waals surface area contributed by atoms with Crippen LogP contribution in [0.25, 0.3) is 5.69 Å². The van der Waals surface area contributed by atoms with Crippen molar-refractivity contribution in [3.05, 3.63) is 94.4 Å². The summed E-state index contributed by atoms with van der Waals surface area (Å²) in [5.74, 6) is -4.92. The van der Waals surface area contributed by atoms with Crippen LogP contribution in [-0.4, -0.2) is 56.9 Å². The molecule has 0 saturated heterocycles. The van der Waals surface area contributed by atoms with Crippen LogP contribution in [-0.2, 0) is 23.0 Å². The molecular weight excluding hydrogens is 550 g/mol. The summed E-state index contributed by atoms with van der Waals surface area (Å²) < 4.78 is 56.1. The van der Waals surface area contributed by atoms with Crippen molar-refractivity contribution in [2.24, 2.45) is 5.73 Å². The van der Waals surface area contributed by atoms with E-state index in [1.165, 1.54) is 41.2 Å². The average Bonchev–Trinajstić information content (AvgIpc) is 3.55. The van der Waals surface area contributed by atoms with E-state index in [0.717, 1.165) is 4.31 Å². The first kappa shape index (κ1) is 26.7. The maximum atomic E-state index is 13.7. The minimum absolute atomic E-state index is 0.00782. The minimum atomic E-state index is -4.29. The standard InChI is InChI=1S/C25H20F2N6O6S/c26-14-7-15(27)9-17(8-14)40(38,39)33-6-4-21-20(12-33)23(31-30-21)29-24(35)19-10-16(1-2-18(19)22(28)34)32-5-3-13(11-32)25(36)37/h1-3,5,7-11H,4,6,12H2,(H2,28,34)(H,36,37)(H2,29,30,31,35). The topological polar surface area (TPSA) is 180 Å². The van der Waals surface area contributed by atoms with E-state index in [1.54, 1.807) is 0 Å². The highest BCUT2D eigenvalue weighted by Gasteiger charge is 2.32. The number of nitrogens with one attached hydrogen (secondary N) is 2. The second-order valence-electron chi connectivity index (χ2n) is 8.88. The molecule has 2 aromatic heterocycles. The Morgan fingerprint density at radius 1 is 1.05 bits per heavy atom. The highest BCUT2D eigenvalue weighted by molar-refractivity contribution is 7.89. The number of benzene rings is 2. The molecule has 1 aliphatic rings. The molecule has 0 radical (unpaired) electrons. The first-order valence-electron chi connectivity index (χ1n) is 11.6. The fourth-order valence-corrected chi connectivity index (χ4v) is 5.81. The Bertz CT molecular complexity index is 1780. The third-order valence-electron chi connectivity index (χ3n) is 6.36. The molecule has 0 bridgehead atoms. The van der Waals surface area contributed by atoms with Gasteiger partial charge in [-0.25, -0.2) is 22.0 Å². The number of amides is 2. The summed E-state index contributed by atoms with van der Waals surface area (Å²) in [6.45, 7) is -0.266. The van der Waals surface area contributed by atoms with Crippen LogP contribution in [0.5, 0.6) is 0 Å². The molecule has 1 aliphatic heterocycles. The summed E-state index contributed by atoms with van der Waals surface area (Å²) in [6, 6.07) is 7.50. The summed E-state index contributed by atoms with van der Waals surface area (Å²) in [7, 11) is -4.29. The number of sulfonamides is 1. The van der Waals surface area contributed by atoms with Gasteiger partial charge in [-0.3, -0.25) is 14.7 Å². The Hall–Kier alpha value is -4.89. The summed E-state index contributed by atoms with van der Waals surface area (Å²) in [4.78, 5) is 36.0. The second-order valence-corrected chi connectivity index (χ2v) is 10.8. The number of carbonyl (C=O) groups is 3.